The highest BCUT2D eigenvalue weighted by molar-refractivity contribution is 8.19. The van der Waals surface area contributed by atoms with Crippen LogP contribution in [-0.2, 0) is 9.47 Å². The lowest BCUT2D eigenvalue weighted by atomic mass is 10.1. The summed E-state index contributed by atoms with van der Waals surface area (Å²) in [4.78, 5) is 24.9. The zero-order valence-corrected chi connectivity index (χ0v) is 16.5. The second-order valence-corrected chi connectivity index (χ2v) is 9.09. The quantitative estimate of drug-likeness (QED) is 0.457. The summed E-state index contributed by atoms with van der Waals surface area (Å²) in [6, 6.07) is 7.93. The van der Waals surface area contributed by atoms with Crippen molar-refractivity contribution in [2.45, 2.75) is 39.1 Å². The van der Waals surface area contributed by atoms with Crippen LogP contribution in [0.2, 0.25) is 0 Å². The first-order chi connectivity index (χ1) is 14.0. The maximum atomic E-state index is 12.1. The number of imidazole rings is 1. The smallest absolute Gasteiger partial charge is 0.280 e. The van der Waals surface area contributed by atoms with Gasteiger partial charge in [-0.1, -0.05) is 35.7 Å². The van der Waals surface area contributed by atoms with Gasteiger partial charge in [-0.2, -0.15) is 4.98 Å². The number of hydrogen-bond donors (Lipinski definition) is 4. The van der Waals surface area contributed by atoms with Crippen molar-refractivity contribution in [1.29, 1.82) is 0 Å². The van der Waals surface area contributed by atoms with E-state index >= 15 is 0 Å². The molecule has 0 bridgehead atoms. The van der Waals surface area contributed by atoms with Gasteiger partial charge in [-0.3, -0.25) is 14.3 Å². The number of nitrogens with zero attached hydrogens (tertiary/aromatic N) is 3. The van der Waals surface area contributed by atoms with Crippen LogP contribution in [0.25, 0.3) is 11.2 Å². The van der Waals surface area contributed by atoms with Crippen molar-refractivity contribution >= 4 is 40.6 Å². The molecule has 1 aromatic carbocycles. The van der Waals surface area contributed by atoms with Gasteiger partial charge in [-0.25, -0.2) is 4.98 Å². The van der Waals surface area contributed by atoms with Crippen LogP contribution in [0, 0.1) is 0 Å². The van der Waals surface area contributed by atoms with Crippen LogP contribution < -0.4 is 11.3 Å². The van der Waals surface area contributed by atoms with Crippen LogP contribution in [0.1, 0.15) is 6.23 Å². The Labute approximate surface area is 172 Å². The summed E-state index contributed by atoms with van der Waals surface area (Å²) < 4.78 is 13.2. The summed E-state index contributed by atoms with van der Waals surface area (Å²) in [7, 11) is 0. The lowest BCUT2D eigenvalue weighted by Crippen LogP contribution is -2.36. The van der Waals surface area contributed by atoms with Gasteiger partial charge < -0.3 is 25.4 Å². The highest BCUT2D eigenvalue weighted by Gasteiger charge is 2.47. The molecule has 0 spiro atoms. The van der Waals surface area contributed by atoms with Gasteiger partial charge in [0.05, 0.1) is 12.9 Å². The number of nitrogens with one attached hydrogen (secondary N) is 1. The Kier molecular flexibility index (Phi) is 4.76. The maximum Gasteiger partial charge on any atom is 0.280 e. The van der Waals surface area contributed by atoms with Gasteiger partial charge in [0.2, 0.25) is 5.95 Å². The molecule has 10 nitrogen and oxygen atoms in total. The summed E-state index contributed by atoms with van der Waals surface area (Å²) in [6.45, 7) is -0.383. The number of aliphatic hydroxyl groups excluding tert-OH is 2. The fraction of sp³-hybridized carbons (Fsp3) is 0.353. The Balaban J connectivity index is 1.48. The highest BCUT2D eigenvalue weighted by Crippen LogP contribution is 2.50. The molecule has 1 saturated heterocycles. The Morgan fingerprint density at radius 2 is 2.03 bits per heavy atom. The van der Waals surface area contributed by atoms with Crippen molar-refractivity contribution in [3.8, 4) is 0 Å². The summed E-state index contributed by atoms with van der Waals surface area (Å²) in [5, 5.41) is 20.3. The molecule has 0 aliphatic carbocycles. The normalized spacial score (nSPS) is 27.0. The number of nitrogens with two attached hydrogens (primary N) is 1. The number of aromatic nitrogens is 4. The third-order valence-corrected chi connectivity index (χ3v) is 7.31. The Hall–Kier alpha value is -2.09. The van der Waals surface area contributed by atoms with Gasteiger partial charge in [0.25, 0.3) is 5.56 Å². The molecule has 2 aliphatic rings. The predicted molar refractivity (Wildman–Crippen MR) is 106 cm³/mol. The van der Waals surface area contributed by atoms with E-state index in [1.165, 1.54) is 34.4 Å². The number of thioether (sulfide) groups is 2. The van der Waals surface area contributed by atoms with E-state index in [9.17, 15) is 15.0 Å². The monoisotopic (exact) mass is 435 g/mol. The Morgan fingerprint density at radius 1 is 1.31 bits per heavy atom. The van der Waals surface area contributed by atoms with Gasteiger partial charge >= 0.3 is 0 Å². The molecule has 152 valence electrons. The van der Waals surface area contributed by atoms with Crippen molar-refractivity contribution in [2.75, 3.05) is 12.3 Å². The fourth-order valence-corrected chi connectivity index (χ4v) is 6.00. The van der Waals surface area contributed by atoms with Crippen molar-refractivity contribution in [1.82, 2.24) is 19.5 Å². The van der Waals surface area contributed by atoms with E-state index in [1.54, 1.807) is 0 Å². The Bertz CT molecular complexity index is 1100. The van der Waals surface area contributed by atoms with Crippen molar-refractivity contribution in [3.05, 3.63) is 40.9 Å². The number of aliphatic hydroxyl groups is 2. The third-order valence-electron chi connectivity index (χ3n) is 4.78. The van der Waals surface area contributed by atoms with Crippen LogP contribution in [-0.4, -0.2) is 59.4 Å². The molecule has 0 radical (unpaired) electrons. The molecular formula is C17H17N5O5S2. The van der Waals surface area contributed by atoms with E-state index in [4.69, 9.17) is 15.2 Å². The summed E-state index contributed by atoms with van der Waals surface area (Å²) in [5.74, 6) is -0.0590. The van der Waals surface area contributed by atoms with Gasteiger partial charge in [-0.05, 0) is 12.1 Å². The first kappa shape index (κ1) is 18.9. The molecule has 0 unspecified atom stereocenters. The van der Waals surface area contributed by atoms with E-state index in [2.05, 4.69) is 15.0 Å². The van der Waals surface area contributed by atoms with E-state index in [-0.39, 0.29) is 28.5 Å². The van der Waals surface area contributed by atoms with Crippen LogP contribution >= 0.6 is 23.5 Å². The first-order valence-corrected chi connectivity index (χ1v) is 10.6. The first-order valence-electron chi connectivity index (χ1n) is 8.79. The summed E-state index contributed by atoms with van der Waals surface area (Å²) in [6.07, 6.45) is -2.19. The van der Waals surface area contributed by atoms with Crippen LogP contribution in [0.4, 0.5) is 5.95 Å². The lowest BCUT2D eigenvalue weighted by Gasteiger charge is -2.24. The van der Waals surface area contributed by atoms with Gasteiger partial charge in [0.15, 0.2) is 22.2 Å². The number of rotatable bonds is 4. The van der Waals surface area contributed by atoms with Gasteiger partial charge in [0.1, 0.15) is 18.3 Å². The zero-order chi connectivity index (χ0) is 20.1. The second kappa shape index (κ2) is 7.31. The molecule has 2 aromatic heterocycles. The molecule has 5 N–H and O–H groups in total. The van der Waals surface area contributed by atoms with E-state index in [0.29, 0.717) is 0 Å². The third kappa shape index (κ3) is 3.21. The second-order valence-electron chi connectivity index (χ2n) is 6.59. The van der Waals surface area contributed by atoms with Crippen LogP contribution in [0.15, 0.2) is 45.2 Å². The molecule has 0 saturated carbocycles. The summed E-state index contributed by atoms with van der Waals surface area (Å²) in [5.41, 5.74) is 5.51. The molecule has 3 aromatic rings. The number of fused-ring (bicyclic) bond motifs is 2. The average Bonchev–Trinajstić information content (AvgIpc) is 3.38. The van der Waals surface area contributed by atoms with Crippen molar-refractivity contribution < 1.29 is 19.7 Å². The molecule has 12 heteroatoms. The minimum atomic E-state index is -1.08. The average molecular weight is 435 g/mol. The minimum absolute atomic E-state index is 0.0590. The largest absolute Gasteiger partial charge is 0.394 e. The predicted octanol–water partition coefficient (Wildman–Crippen LogP) is 0.519. The topological polar surface area (TPSA) is 149 Å². The van der Waals surface area contributed by atoms with Crippen molar-refractivity contribution in [3.63, 3.8) is 0 Å². The standard InChI is InChI=1S/C17H17N5O5S2/c18-16-20-13-10(14(25)21-16)19-6-22(13)15-12(11(24)7(5-23)26-15)27-17-28-8-3-1-2-4-9(8)29-17/h1-4,6-7,11-12,15,17,23-24H,5H2,(H3,18,20,21,25)/t7-,11-,12-,15-/m1/s1. The molecule has 1 fully saturated rings. The summed E-state index contributed by atoms with van der Waals surface area (Å²) >= 11 is 3.08. The number of anilines is 1. The molecule has 4 heterocycles. The number of benzene rings is 1. The van der Waals surface area contributed by atoms with Crippen LogP contribution in [0.3, 0.4) is 0 Å². The lowest BCUT2D eigenvalue weighted by molar-refractivity contribution is -0.0646. The molecule has 0 amide bonds. The van der Waals surface area contributed by atoms with Crippen LogP contribution in [0.5, 0.6) is 0 Å². The molecule has 29 heavy (non-hydrogen) atoms. The van der Waals surface area contributed by atoms with Gasteiger partial charge in [0, 0.05) is 9.79 Å². The van der Waals surface area contributed by atoms with Crippen molar-refractivity contribution in [2.24, 2.45) is 0 Å². The van der Waals surface area contributed by atoms with Gasteiger partial charge in [-0.15, -0.1) is 0 Å². The number of nitrogen functional groups attached to an aromatic ring is 1. The van der Waals surface area contributed by atoms with E-state index in [0.717, 1.165) is 9.79 Å². The highest BCUT2D eigenvalue weighted by atomic mass is 32.2. The zero-order valence-electron chi connectivity index (χ0n) is 14.8. The number of H-pyrrole nitrogens is 1. The molecule has 2 aliphatic heterocycles. The van der Waals surface area contributed by atoms with E-state index < -0.39 is 30.1 Å². The Morgan fingerprint density at radius 3 is 2.72 bits per heavy atom. The fourth-order valence-electron chi connectivity index (χ4n) is 3.43. The molecular weight excluding hydrogens is 418 g/mol. The molecule has 5 rings (SSSR count). The molecule has 4 atom stereocenters. The number of hydrogen-bond acceptors (Lipinski definition) is 10. The SMILES string of the molecule is Nc1nc2c(ncn2[C@@H]2O[C@H](CO)[C@@H](O)[C@H]2OC2Sc3ccccc3S2)c(=O)[nH]1. The number of aromatic amines is 1. The maximum absolute atomic E-state index is 12.1. The minimum Gasteiger partial charge on any atom is -0.394 e. The number of ether oxygens (including phenoxy) is 2. The van der Waals surface area contributed by atoms with E-state index in [1.807, 2.05) is 24.3 Å².